The highest BCUT2D eigenvalue weighted by atomic mass is 79.9. The van der Waals surface area contributed by atoms with Gasteiger partial charge in [-0.05, 0) is 15.9 Å². The first kappa shape index (κ1) is 6.04. The minimum atomic E-state index is -2.37. The van der Waals surface area contributed by atoms with Gasteiger partial charge in [-0.1, -0.05) is 0 Å². The van der Waals surface area contributed by atoms with E-state index in [0.29, 0.717) is 9.86 Å². The van der Waals surface area contributed by atoms with E-state index in [1.807, 2.05) is 6.07 Å². The summed E-state index contributed by atoms with van der Waals surface area (Å²) in [6.45, 7) is -2.37. The molecule has 14 heavy (non-hydrogen) atoms. The smallest absolute Gasteiger partial charge is 0.134 e. The topological polar surface area (TPSA) is 67.6 Å². The summed E-state index contributed by atoms with van der Waals surface area (Å²) in [6.07, 6.45) is 2.66. The van der Waals surface area contributed by atoms with Crippen LogP contribution in [0.4, 0.5) is 5.82 Å². The maximum atomic E-state index is 8.98. The van der Waals surface area contributed by atoms with Gasteiger partial charge in [-0.3, -0.25) is 0 Å². The predicted molar refractivity (Wildman–Crippen MR) is 57.5 cm³/mol. The number of aromatic nitrogens is 2. The fraction of sp³-hybridized carbons (Fsp3) is 0.111. The molecule has 0 aliphatic heterocycles. The van der Waals surface area contributed by atoms with Crippen molar-refractivity contribution in [3.63, 3.8) is 0 Å². The molecule has 0 aliphatic rings. The molecule has 2 aromatic rings. The van der Waals surface area contributed by atoms with E-state index in [4.69, 9.17) is 15.1 Å². The number of hydrogen-bond donors (Lipinski definition) is 1. The Hall–Kier alpha value is -1.54. The van der Waals surface area contributed by atoms with Crippen LogP contribution in [0.15, 0.2) is 16.9 Å². The van der Waals surface area contributed by atoms with Gasteiger partial charge in [0.05, 0.1) is 16.5 Å². The van der Waals surface area contributed by atoms with Crippen LogP contribution in [0.25, 0.3) is 10.9 Å². The fourth-order valence-corrected chi connectivity index (χ4v) is 1.92. The van der Waals surface area contributed by atoms with Crippen LogP contribution in [-0.4, -0.2) is 9.55 Å². The second kappa shape index (κ2) is 3.00. The number of nitrogens with two attached hydrogens (primary N) is 1. The Morgan fingerprint density at radius 2 is 2.57 bits per heavy atom. The zero-order valence-electron chi connectivity index (χ0n) is 9.95. The van der Waals surface area contributed by atoms with Gasteiger partial charge in [0.25, 0.3) is 0 Å². The Morgan fingerprint density at radius 3 is 3.21 bits per heavy atom. The molecule has 0 atom stereocenters. The van der Waals surface area contributed by atoms with Gasteiger partial charge in [0, 0.05) is 28.0 Å². The molecule has 4 nitrogen and oxygen atoms in total. The van der Waals surface area contributed by atoms with E-state index in [0.717, 1.165) is 4.57 Å². The van der Waals surface area contributed by atoms with Crippen LogP contribution >= 0.6 is 15.9 Å². The number of nitrogen functional groups attached to an aromatic ring is 1. The van der Waals surface area contributed by atoms with Crippen LogP contribution in [-0.2, 0) is 6.98 Å². The summed E-state index contributed by atoms with van der Waals surface area (Å²) in [7, 11) is 0. The van der Waals surface area contributed by atoms with Crippen LogP contribution in [0.2, 0.25) is 0 Å². The molecule has 2 N–H and O–H groups in total. The summed E-state index contributed by atoms with van der Waals surface area (Å²) in [5.41, 5.74) is 6.14. The molecule has 0 aliphatic carbocycles. The molecule has 0 bridgehead atoms. The number of halogens is 1. The zero-order chi connectivity index (χ0) is 12.8. The van der Waals surface area contributed by atoms with Crippen molar-refractivity contribution >= 4 is 32.7 Å². The highest BCUT2D eigenvalue weighted by Gasteiger charge is 2.12. The second-order valence-corrected chi connectivity index (χ2v) is 3.59. The molecular weight excluding hydrogens is 244 g/mol. The maximum absolute atomic E-state index is 8.98. The predicted octanol–water partition coefficient (Wildman–Crippen LogP) is 1.79. The van der Waals surface area contributed by atoms with Gasteiger partial charge in [-0.15, -0.1) is 0 Å². The van der Waals surface area contributed by atoms with Gasteiger partial charge in [0.1, 0.15) is 11.9 Å². The molecule has 5 heteroatoms. The molecule has 0 amide bonds. The Balaban J connectivity index is 2.99. The van der Waals surface area contributed by atoms with Gasteiger partial charge in [0.15, 0.2) is 0 Å². The van der Waals surface area contributed by atoms with Crippen molar-refractivity contribution in [2.75, 3.05) is 5.73 Å². The zero-order valence-corrected chi connectivity index (χ0v) is 8.54. The van der Waals surface area contributed by atoms with E-state index in [1.165, 1.54) is 12.4 Å². The number of hydrogen-bond acceptors (Lipinski definition) is 3. The van der Waals surface area contributed by atoms with Crippen molar-refractivity contribution < 1.29 is 4.11 Å². The van der Waals surface area contributed by atoms with Gasteiger partial charge in [0.2, 0.25) is 0 Å². The summed E-state index contributed by atoms with van der Waals surface area (Å²) >= 11 is 3.22. The van der Waals surface area contributed by atoms with Gasteiger partial charge >= 0.3 is 0 Å². The molecule has 2 rings (SSSR count). The summed E-state index contributed by atoms with van der Waals surface area (Å²) < 4.78 is 23.8. The third-order valence-electron chi connectivity index (χ3n) is 1.92. The average Bonchev–Trinajstić information content (AvgIpc) is 2.58. The maximum Gasteiger partial charge on any atom is 0.134 e. The number of anilines is 1. The van der Waals surface area contributed by atoms with E-state index in [1.54, 1.807) is 0 Å². The number of fused-ring (bicyclic) bond motifs is 1. The van der Waals surface area contributed by atoms with Crippen molar-refractivity contribution in [2.24, 2.45) is 6.98 Å². The van der Waals surface area contributed by atoms with E-state index >= 15 is 0 Å². The van der Waals surface area contributed by atoms with E-state index in [9.17, 15) is 0 Å². The van der Waals surface area contributed by atoms with E-state index < -0.39 is 6.98 Å². The number of aryl methyl sites for hydroxylation is 1. The molecule has 0 unspecified atom stereocenters. The summed E-state index contributed by atoms with van der Waals surface area (Å²) in [5, 5.41) is 9.43. The largest absolute Gasteiger partial charge is 0.383 e. The number of nitrogens with zero attached hydrogens (tertiary/aromatic N) is 3. The van der Waals surface area contributed by atoms with Gasteiger partial charge in [-0.2, -0.15) is 5.26 Å². The van der Waals surface area contributed by atoms with Gasteiger partial charge < -0.3 is 10.3 Å². The normalized spacial score (nSPS) is 14.4. The minimum Gasteiger partial charge on any atom is -0.383 e. The standard InChI is InChI=1S/C9H7BrN4/c1-14-4-6(10)7-8(14)5(2-11)3-13-9(7)12/h3-4H,1H3,(H2,12,13)/i1D3. The van der Waals surface area contributed by atoms with Gasteiger partial charge in [-0.25, -0.2) is 4.98 Å². The Bertz CT molecular complexity index is 638. The molecule has 0 aromatic carbocycles. The first-order chi connectivity index (χ1) is 7.86. The Morgan fingerprint density at radius 1 is 1.79 bits per heavy atom. The van der Waals surface area contributed by atoms with Crippen LogP contribution in [0.1, 0.15) is 9.68 Å². The average molecular weight is 254 g/mol. The molecule has 0 saturated heterocycles. The number of nitriles is 1. The Kier molecular flexibility index (Phi) is 1.29. The third kappa shape index (κ3) is 1.08. The van der Waals surface area contributed by atoms with Crippen molar-refractivity contribution in [2.45, 2.75) is 0 Å². The lowest BCUT2D eigenvalue weighted by atomic mass is 10.2. The SMILES string of the molecule is [2H]C([2H])([2H])n1cc(Br)c2c(N)ncc(C#N)c21. The van der Waals surface area contributed by atoms with Crippen LogP contribution < -0.4 is 5.73 Å². The van der Waals surface area contributed by atoms with Crippen molar-refractivity contribution in [1.82, 2.24) is 9.55 Å². The number of rotatable bonds is 0. The second-order valence-electron chi connectivity index (χ2n) is 2.74. The molecular formula is C9H7BrN4. The molecule has 0 spiro atoms. The molecule has 2 aromatic heterocycles. The summed E-state index contributed by atoms with van der Waals surface area (Å²) in [4.78, 5) is 3.86. The quantitative estimate of drug-likeness (QED) is 0.779. The first-order valence-corrected chi connectivity index (χ1v) is 4.51. The molecule has 70 valence electrons. The lowest BCUT2D eigenvalue weighted by Gasteiger charge is -2.00. The van der Waals surface area contributed by atoms with Crippen LogP contribution in [0.5, 0.6) is 0 Å². The molecule has 2 heterocycles. The minimum absolute atomic E-state index is 0.177. The van der Waals surface area contributed by atoms with Crippen molar-refractivity contribution in [3.05, 3.63) is 22.4 Å². The fourth-order valence-electron chi connectivity index (χ4n) is 1.33. The van der Waals surface area contributed by atoms with E-state index in [2.05, 4.69) is 20.9 Å². The highest BCUT2D eigenvalue weighted by Crippen LogP contribution is 2.30. The van der Waals surface area contributed by atoms with Crippen LogP contribution in [0, 0.1) is 11.3 Å². The molecule has 0 saturated carbocycles. The molecule has 0 radical (unpaired) electrons. The summed E-state index contributed by atoms with van der Waals surface area (Å²) in [6, 6.07) is 1.91. The lowest BCUT2D eigenvalue weighted by molar-refractivity contribution is 0.963. The Labute approximate surface area is 93.3 Å². The monoisotopic (exact) mass is 253 g/mol. The van der Waals surface area contributed by atoms with Crippen LogP contribution in [0.3, 0.4) is 0 Å². The number of pyridine rings is 1. The first-order valence-electron chi connectivity index (χ1n) is 5.22. The lowest BCUT2D eigenvalue weighted by Crippen LogP contribution is -1.95. The van der Waals surface area contributed by atoms with E-state index in [-0.39, 0.29) is 16.9 Å². The van der Waals surface area contributed by atoms with Crippen molar-refractivity contribution in [1.29, 1.82) is 5.26 Å². The highest BCUT2D eigenvalue weighted by molar-refractivity contribution is 9.10. The third-order valence-corrected chi connectivity index (χ3v) is 2.52. The summed E-state index contributed by atoms with van der Waals surface area (Å²) in [5.74, 6) is 0.189. The molecule has 0 fully saturated rings. The van der Waals surface area contributed by atoms with Crippen molar-refractivity contribution in [3.8, 4) is 6.07 Å².